The van der Waals surface area contributed by atoms with Gasteiger partial charge in [0, 0.05) is 42.2 Å². The predicted octanol–water partition coefficient (Wildman–Crippen LogP) is 4.76. The molecule has 0 saturated heterocycles. The van der Waals surface area contributed by atoms with Crippen LogP contribution in [0.4, 0.5) is 0 Å². The van der Waals surface area contributed by atoms with Crippen LogP contribution in [0.15, 0.2) is 10.9 Å². The largest absolute Gasteiger partial charge is 0.448 e. The monoisotopic (exact) mass is 513 g/mol. The number of amides is 1. The Bertz CT molecular complexity index is 1280. The summed E-state index contributed by atoms with van der Waals surface area (Å²) in [6.07, 6.45) is 4.84. The summed E-state index contributed by atoms with van der Waals surface area (Å²) in [6, 6.07) is 2.52. The van der Waals surface area contributed by atoms with Crippen LogP contribution in [0.5, 0.6) is 11.5 Å². The fourth-order valence-corrected chi connectivity index (χ4v) is 6.54. The van der Waals surface area contributed by atoms with Crippen LogP contribution in [-0.2, 0) is 13.0 Å². The lowest BCUT2D eigenvalue weighted by atomic mass is 9.81. The van der Waals surface area contributed by atoms with E-state index in [2.05, 4.69) is 24.0 Å². The van der Waals surface area contributed by atoms with Gasteiger partial charge in [0.25, 0.3) is 17.3 Å². The van der Waals surface area contributed by atoms with Crippen LogP contribution in [0.3, 0.4) is 0 Å². The third-order valence-electron chi connectivity index (χ3n) is 8.44. The molecule has 5 rings (SSSR count). The molecule has 7 nitrogen and oxygen atoms in total. The molecule has 8 heteroatoms. The van der Waals surface area contributed by atoms with Crippen molar-refractivity contribution < 1.29 is 14.3 Å². The van der Waals surface area contributed by atoms with E-state index in [1.165, 1.54) is 0 Å². The lowest BCUT2D eigenvalue weighted by Crippen LogP contribution is -2.46. The van der Waals surface area contributed by atoms with Crippen molar-refractivity contribution in [3.63, 3.8) is 0 Å². The summed E-state index contributed by atoms with van der Waals surface area (Å²) < 4.78 is 13.0. The van der Waals surface area contributed by atoms with Crippen LogP contribution in [0.1, 0.15) is 70.9 Å². The number of fused-ring (bicyclic) bond motifs is 2. The number of nitrogens with zero attached hydrogens (tertiary/aromatic N) is 2. The molecule has 2 aliphatic heterocycles. The van der Waals surface area contributed by atoms with Gasteiger partial charge in [0.05, 0.1) is 17.1 Å². The number of halogens is 1. The van der Waals surface area contributed by atoms with Crippen molar-refractivity contribution in [2.45, 2.75) is 78.2 Å². The van der Waals surface area contributed by atoms with Crippen LogP contribution in [0, 0.1) is 26.7 Å². The first kappa shape index (κ1) is 25.2. The number of ether oxygens (including phenoxy) is 2. The molecule has 1 saturated carbocycles. The molecule has 0 spiro atoms. The lowest BCUT2D eigenvalue weighted by molar-refractivity contribution is -0.123. The zero-order chi connectivity index (χ0) is 25.9. The number of aromatic nitrogens is 1. The van der Waals surface area contributed by atoms with Gasteiger partial charge >= 0.3 is 0 Å². The maximum atomic E-state index is 13.7. The summed E-state index contributed by atoms with van der Waals surface area (Å²) in [5.74, 6) is 0.471. The van der Waals surface area contributed by atoms with E-state index in [0.717, 1.165) is 48.1 Å². The van der Waals surface area contributed by atoms with E-state index in [-0.39, 0.29) is 23.9 Å². The quantitative estimate of drug-likeness (QED) is 0.638. The first-order valence-electron chi connectivity index (χ1n) is 12.9. The Morgan fingerprint density at radius 1 is 1.11 bits per heavy atom. The van der Waals surface area contributed by atoms with E-state index >= 15 is 0 Å². The van der Waals surface area contributed by atoms with Gasteiger partial charge in [0.2, 0.25) is 0 Å². The highest BCUT2D eigenvalue weighted by Gasteiger charge is 2.48. The highest BCUT2D eigenvalue weighted by molar-refractivity contribution is 6.34. The number of rotatable bonds is 4. The number of H-pyrrole nitrogens is 1. The van der Waals surface area contributed by atoms with Crippen molar-refractivity contribution in [3.8, 4) is 11.5 Å². The minimum atomic E-state index is -0.799. The minimum Gasteiger partial charge on any atom is -0.448 e. The predicted molar refractivity (Wildman–Crippen MR) is 140 cm³/mol. The summed E-state index contributed by atoms with van der Waals surface area (Å²) in [6.45, 7) is 8.44. The van der Waals surface area contributed by atoms with Crippen molar-refractivity contribution in [1.29, 1.82) is 0 Å². The number of aryl methyl sites for hydroxylation is 2. The molecule has 1 N–H and O–H groups in total. The zero-order valence-corrected chi connectivity index (χ0v) is 22.8. The van der Waals surface area contributed by atoms with Crippen LogP contribution in [0.2, 0.25) is 5.02 Å². The minimum absolute atomic E-state index is 0.124. The van der Waals surface area contributed by atoms with Crippen molar-refractivity contribution in [2.24, 2.45) is 5.92 Å². The molecule has 1 amide bonds. The number of benzene rings is 1. The molecule has 194 valence electrons. The van der Waals surface area contributed by atoms with E-state index in [1.807, 2.05) is 33.8 Å². The summed E-state index contributed by atoms with van der Waals surface area (Å²) in [5.41, 5.74) is 4.32. The fraction of sp³-hybridized carbons (Fsp3) is 0.571. The SMILES string of the molecule is Cc1cc(C)c(CN2CCc3c(Cl)c4c(c(C)c3C2=O)O[C@](C)(C2CCC(N(C)C)CC2)O4)c(=O)[nH]1. The molecule has 1 aromatic carbocycles. The third kappa shape index (κ3) is 4.10. The Morgan fingerprint density at radius 2 is 1.78 bits per heavy atom. The Balaban J connectivity index is 1.43. The van der Waals surface area contributed by atoms with Crippen molar-refractivity contribution in [2.75, 3.05) is 20.6 Å². The van der Waals surface area contributed by atoms with Gasteiger partial charge in [-0.25, -0.2) is 0 Å². The molecule has 36 heavy (non-hydrogen) atoms. The van der Waals surface area contributed by atoms with E-state index < -0.39 is 5.79 Å². The highest BCUT2D eigenvalue weighted by Crippen LogP contribution is 2.53. The number of aromatic amines is 1. The number of hydrogen-bond donors (Lipinski definition) is 1. The number of nitrogens with one attached hydrogen (secondary N) is 1. The van der Waals surface area contributed by atoms with Gasteiger partial charge in [0.1, 0.15) is 0 Å². The first-order chi connectivity index (χ1) is 17.0. The average molecular weight is 514 g/mol. The van der Waals surface area contributed by atoms with Gasteiger partial charge in [-0.3, -0.25) is 9.59 Å². The Morgan fingerprint density at radius 3 is 2.42 bits per heavy atom. The Kier molecular flexibility index (Phi) is 6.36. The van der Waals surface area contributed by atoms with Gasteiger partial charge in [-0.05, 0) is 84.2 Å². The lowest BCUT2D eigenvalue weighted by Gasteiger charge is -2.39. The average Bonchev–Trinajstić information content (AvgIpc) is 3.20. The molecule has 1 atom stereocenters. The summed E-state index contributed by atoms with van der Waals surface area (Å²) in [7, 11) is 4.27. The molecule has 3 heterocycles. The van der Waals surface area contributed by atoms with Gasteiger partial charge in [-0.1, -0.05) is 11.6 Å². The molecule has 0 radical (unpaired) electrons. The molecule has 1 aliphatic carbocycles. The Labute approximate surface area is 217 Å². The maximum Gasteiger partial charge on any atom is 0.254 e. The van der Waals surface area contributed by atoms with E-state index in [0.29, 0.717) is 46.7 Å². The summed E-state index contributed by atoms with van der Waals surface area (Å²) in [4.78, 5) is 33.2. The van der Waals surface area contributed by atoms with Crippen LogP contribution in [-0.4, -0.2) is 53.2 Å². The molecule has 0 unspecified atom stereocenters. The van der Waals surface area contributed by atoms with Gasteiger partial charge in [0.15, 0.2) is 11.5 Å². The number of carbonyl (C=O) groups is 1. The summed E-state index contributed by atoms with van der Waals surface area (Å²) in [5, 5.41) is 0.480. The summed E-state index contributed by atoms with van der Waals surface area (Å²) >= 11 is 6.88. The number of carbonyl (C=O) groups excluding carboxylic acids is 1. The smallest absolute Gasteiger partial charge is 0.254 e. The standard InChI is InChI=1S/C28H36ClN3O4/c1-15-13-16(2)30-26(33)21(15)14-32-12-11-20-22(27(32)34)17(3)24-25(23(20)29)36-28(4,35-24)18-7-9-19(10-8-18)31(5)6/h13,18-19H,7-12,14H2,1-6H3,(H,30,33)/t18?,19?,28-/m0/s1. The second kappa shape index (κ2) is 9.10. The molecular formula is C28H36ClN3O4. The molecule has 1 aromatic heterocycles. The normalized spacial score (nSPS) is 25.4. The van der Waals surface area contributed by atoms with E-state index in [9.17, 15) is 9.59 Å². The number of hydrogen-bond acceptors (Lipinski definition) is 5. The molecular weight excluding hydrogens is 478 g/mol. The second-order valence-electron chi connectivity index (χ2n) is 11.1. The van der Waals surface area contributed by atoms with E-state index in [4.69, 9.17) is 21.1 Å². The van der Waals surface area contributed by atoms with Crippen LogP contribution < -0.4 is 15.0 Å². The van der Waals surface area contributed by atoms with Gasteiger partial charge in [-0.2, -0.15) is 0 Å². The van der Waals surface area contributed by atoms with Gasteiger partial charge < -0.3 is 24.3 Å². The maximum absolute atomic E-state index is 13.7. The van der Waals surface area contributed by atoms with Gasteiger partial charge in [-0.15, -0.1) is 0 Å². The fourth-order valence-electron chi connectivity index (χ4n) is 6.23. The second-order valence-corrected chi connectivity index (χ2v) is 11.4. The zero-order valence-electron chi connectivity index (χ0n) is 22.1. The molecule has 2 aromatic rings. The van der Waals surface area contributed by atoms with Crippen molar-refractivity contribution in [1.82, 2.24) is 14.8 Å². The van der Waals surface area contributed by atoms with Crippen LogP contribution in [0.25, 0.3) is 0 Å². The van der Waals surface area contributed by atoms with E-state index in [1.54, 1.807) is 4.90 Å². The molecule has 1 fully saturated rings. The van der Waals surface area contributed by atoms with Crippen molar-refractivity contribution >= 4 is 17.5 Å². The molecule has 0 bridgehead atoms. The van der Waals surface area contributed by atoms with Crippen LogP contribution >= 0.6 is 11.6 Å². The first-order valence-corrected chi connectivity index (χ1v) is 13.3. The Hall–Kier alpha value is -2.51. The number of pyridine rings is 1. The third-order valence-corrected chi connectivity index (χ3v) is 8.84. The molecule has 3 aliphatic rings. The highest BCUT2D eigenvalue weighted by atomic mass is 35.5. The topological polar surface area (TPSA) is 74.9 Å². The van der Waals surface area contributed by atoms with Crippen molar-refractivity contribution in [3.05, 3.63) is 55.0 Å².